The van der Waals surface area contributed by atoms with Gasteiger partial charge in [0.2, 0.25) is 0 Å². The van der Waals surface area contributed by atoms with Crippen LogP contribution in [0, 0.1) is 5.82 Å². The van der Waals surface area contributed by atoms with Crippen molar-refractivity contribution in [3.8, 4) is 11.3 Å². The molecule has 122 valence electrons. The maximum absolute atomic E-state index is 14.5. The van der Waals surface area contributed by atoms with E-state index in [9.17, 15) is 4.39 Å². The highest BCUT2D eigenvalue weighted by atomic mass is 19.1. The van der Waals surface area contributed by atoms with Gasteiger partial charge in [-0.2, -0.15) is 0 Å². The fourth-order valence-corrected chi connectivity index (χ4v) is 3.41. The topological polar surface area (TPSA) is 42.1 Å². The summed E-state index contributed by atoms with van der Waals surface area (Å²) in [4.78, 5) is 6.55. The van der Waals surface area contributed by atoms with Crippen molar-refractivity contribution in [3.05, 3.63) is 47.8 Å². The van der Waals surface area contributed by atoms with E-state index in [1.54, 1.807) is 30.3 Å². The third-order valence-corrected chi connectivity index (χ3v) is 4.71. The minimum Gasteiger partial charge on any atom is -0.384 e. The van der Waals surface area contributed by atoms with E-state index in [0.717, 1.165) is 12.1 Å². The number of nitrogens with two attached hydrogens (primary N) is 1. The molecule has 4 heteroatoms. The molecule has 2 N–H and O–H groups in total. The summed E-state index contributed by atoms with van der Waals surface area (Å²) in [5.41, 5.74) is 7.77. The summed E-state index contributed by atoms with van der Waals surface area (Å²) in [6.45, 7) is 0.784. The smallest absolute Gasteiger partial charge is 0.132 e. The Morgan fingerprint density at radius 1 is 1.17 bits per heavy atom. The Morgan fingerprint density at radius 2 is 1.96 bits per heavy atom. The van der Waals surface area contributed by atoms with E-state index in [1.165, 1.54) is 32.1 Å². The lowest BCUT2D eigenvalue weighted by atomic mass is 9.94. The molecule has 2 aromatic rings. The van der Waals surface area contributed by atoms with Crippen molar-refractivity contribution in [2.75, 3.05) is 12.8 Å². The molecule has 1 saturated carbocycles. The van der Waals surface area contributed by atoms with E-state index >= 15 is 0 Å². The number of benzene rings is 1. The van der Waals surface area contributed by atoms with E-state index < -0.39 is 0 Å². The predicted molar refractivity (Wildman–Crippen MR) is 92.4 cm³/mol. The molecular weight excluding hydrogens is 289 g/mol. The molecule has 3 rings (SSSR count). The van der Waals surface area contributed by atoms with Gasteiger partial charge in [-0.1, -0.05) is 31.4 Å². The van der Waals surface area contributed by atoms with Gasteiger partial charge in [0.05, 0.1) is 5.69 Å². The molecule has 1 fully saturated rings. The maximum Gasteiger partial charge on any atom is 0.132 e. The normalized spacial score (nSPS) is 16.0. The summed E-state index contributed by atoms with van der Waals surface area (Å²) < 4.78 is 14.5. The SMILES string of the molecule is CN(Cc1ccc(-c2cccc(N)n2)c(F)c1)C1CCCCC1. The van der Waals surface area contributed by atoms with Crippen molar-refractivity contribution in [2.24, 2.45) is 0 Å². The standard InChI is InChI=1S/C19H24FN3/c1-23(15-6-3-2-4-7-15)13-14-10-11-16(17(20)12-14)18-8-5-9-19(21)22-18/h5,8-12,15H,2-4,6-7,13H2,1H3,(H2,21,22). The monoisotopic (exact) mass is 313 g/mol. The van der Waals surface area contributed by atoms with Gasteiger partial charge in [0, 0.05) is 18.2 Å². The summed E-state index contributed by atoms with van der Waals surface area (Å²) in [7, 11) is 2.14. The van der Waals surface area contributed by atoms with Gasteiger partial charge in [0.25, 0.3) is 0 Å². The predicted octanol–water partition coefficient (Wildman–Crippen LogP) is 4.23. The molecule has 23 heavy (non-hydrogen) atoms. The van der Waals surface area contributed by atoms with E-state index in [2.05, 4.69) is 16.9 Å². The molecule has 0 amide bonds. The van der Waals surface area contributed by atoms with Gasteiger partial charge in [0.15, 0.2) is 0 Å². The number of pyridine rings is 1. The van der Waals surface area contributed by atoms with Gasteiger partial charge in [-0.3, -0.25) is 4.90 Å². The number of anilines is 1. The van der Waals surface area contributed by atoms with Gasteiger partial charge in [-0.25, -0.2) is 9.37 Å². The first-order chi connectivity index (χ1) is 11.1. The average molecular weight is 313 g/mol. The molecule has 0 unspecified atom stereocenters. The molecule has 1 aliphatic rings. The second-order valence-corrected chi connectivity index (χ2v) is 6.47. The number of halogens is 1. The number of nitrogen functional groups attached to an aromatic ring is 1. The molecule has 0 bridgehead atoms. The number of hydrogen-bond donors (Lipinski definition) is 1. The summed E-state index contributed by atoms with van der Waals surface area (Å²) >= 11 is 0. The molecule has 0 radical (unpaired) electrons. The molecular formula is C19H24FN3. The third-order valence-electron chi connectivity index (χ3n) is 4.71. The average Bonchev–Trinajstić information content (AvgIpc) is 2.56. The Morgan fingerprint density at radius 3 is 2.65 bits per heavy atom. The second-order valence-electron chi connectivity index (χ2n) is 6.47. The Bertz CT molecular complexity index is 665. The van der Waals surface area contributed by atoms with Crippen molar-refractivity contribution < 1.29 is 4.39 Å². The first-order valence-corrected chi connectivity index (χ1v) is 8.35. The summed E-state index contributed by atoms with van der Waals surface area (Å²) in [6.07, 6.45) is 6.47. The Balaban J connectivity index is 1.74. The zero-order valence-electron chi connectivity index (χ0n) is 13.6. The molecule has 1 aliphatic carbocycles. The van der Waals surface area contributed by atoms with Gasteiger partial charge in [0.1, 0.15) is 11.6 Å². The summed E-state index contributed by atoms with van der Waals surface area (Å²) in [5, 5.41) is 0. The number of hydrogen-bond acceptors (Lipinski definition) is 3. The van der Waals surface area contributed by atoms with Gasteiger partial charge >= 0.3 is 0 Å². The van der Waals surface area contributed by atoms with Gasteiger partial charge in [-0.05, 0) is 49.7 Å². The lowest BCUT2D eigenvalue weighted by Gasteiger charge is -2.31. The quantitative estimate of drug-likeness (QED) is 0.918. The highest BCUT2D eigenvalue weighted by Crippen LogP contribution is 2.25. The van der Waals surface area contributed by atoms with Crippen molar-refractivity contribution in [1.82, 2.24) is 9.88 Å². The van der Waals surface area contributed by atoms with Crippen LogP contribution < -0.4 is 5.73 Å². The Kier molecular flexibility index (Phi) is 4.91. The van der Waals surface area contributed by atoms with Crippen LogP contribution in [0.4, 0.5) is 10.2 Å². The van der Waals surface area contributed by atoms with Crippen LogP contribution >= 0.6 is 0 Å². The number of aromatic nitrogens is 1. The molecule has 3 nitrogen and oxygen atoms in total. The van der Waals surface area contributed by atoms with Crippen LogP contribution in [-0.4, -0.2) is 23.0 Å². The van der Waals surface area contributed by atoms with E-state index in [-0.39, 0.29) is 5.82 Å². The minimum absolute atomic E-state index is 0.238. The Hall–Kier alpha value is -1.94. The highest BCUT2D eigenvalue weighted by molar-refractivity contribution is 5.62. The van der Waals surface area contributed by atoms with Crippen LogP contribution in [0.3, 0.4) is 0 Å². The van der Waals surface area contributed by atoms with E-state index in [1.807, 2.05) is 6.07 Å². The van der Waals surface area contributed by atoms with E-state index in [4.69, 9.17) is 5.73 Å². The van der Waals surface area contributed by atoms with Crippen molar-refractivity contribution in [1.29, 1.82) is 0 Å². The highest BCUT2D eigenvalue weighted by Gasteiger charge is 2.18. The van der Waals surface area contributed by atoms with Crippen molar-refractivity contribution in [3.63, 3.8) is 0 Å². The molecule has 1 aromatic carbocycles. The number of nitrogens with zero attached hydrogens (tertiary/aromatic N) is 2. The zero-order valence-corrected chi connectivity index (χ0v) is 13.6. The molecule has 0 saturated heterocycles. The summed E-state index contributed by atoms with van der Waals surface area (Å²) in [5.74, 6) is 0.167. The lowest BCUT2D eigenvalue weighted by molar-refractivity contribution is 0.184. The zero-order chi connectivity index (χ0) is 16.2. The van der Waals surface area contributed by atoms with E-state index in [0.29, 0.717) is 23.1 Å². The maximum atomic E-state index is 14.5. The first kappa shape index (κ1) is 15.9. The van der Waals surface area contributed by atoms with Crippen LogP contribution in [0.2, 0.25) is 0 Å². The number of rotatable bonds is 4. The van der Waals surface area contributed by atoms with Crippen LogP contribution in [0.1, 0.15) is 37.7 Å². The molecule has 0 aliphatic heterocycles. The molecule has 0 atom stereocenters. The van der Waals surface area contributed by atoms with Gasteiger partial charge < -0.3 is 5.73 Å². The van der Waals surface area contributed by atoms with Crippen molar-refractivity contribution >= 4 is 5.82 Å². The second kappa shape index (κ2) is 7.09. The lowest BCUT2D eigenvalue weighted by Crippen LogP contribution is -2.32. The van der Waals surface area contributed by atoms with Crippen LogP contribution in [-0.2, 0) is 6.54 Å². The molecule has 0 spiro atoms. The van der Waals surface area contributed by atoms with Gasteiger partial charge in [-0.15, -0.1) is 0 Å². The molecule has 1 aromatic heterocycles. The van der Waals surface area contributed by atoms with Crippen LogP contribution in [0.25, 0.3) is 11.3 Å². The Labute approximate surface area is 137 Å². The first-order valence-electron chi connectivity index (χ1n) is 8.35. The third kappa shape index (κ3) is 3.88. The van der Waals surface area contributed by atoms with Crippen LogP contribution in [0.15, 0.2) is 36.4 Å². The fraction of sp³-hybridized carbons (Fsp3) is 0.421. The summed E-state index contributed by atoms with van der Waals surface area (Å²) in [6, 6.07) is 11.3. The minimum atomic E-state index is -0.238. The largest absolute Gasteiger partial charge is 0.384 e. The fourth-order valence-electron chi connectivity index (χ4n) is 3.41. The van der Waals surface area contributed by atoms with Crippen LogP contribution in [0.5, 0.6) is 0 Å². The van der Waals surface area contributed by atoms with Crippen molar-refractivity contribution in [2.45, 2.75) is 44.7 Å². The molecule has 1 heterocycles.